The van der Waals surface area contributed by atoms with Crippen molar-refractivity contribution in [1.82, 2.24) is 10.2 Å². The minimum absolute atomic E-state index is 0. The molecule has 2 aromatic rings. The van der Waals surface area contributed by atoms with Crippen LogP contribution >= 0.6 is 24.0 Å². The number of hydrogen-bond acceptors (Lipinski definition) is 2. The number of guanidine groups is 1. The molecule has 0 heterocycles. The third-order valence-electron chi connectivity index (χ3n) is 3.90. The number of carbonyl (C=O) groups is 1. The Balaban J connectivity index is 0.00000364. The second-order valence-electron chi connectivity index (χ2n) is 6.21. The fourth-order valence-corrected chi connectivity index (χ4v) is 2.65. The number of anilines is 1. The highest BCUT2D eigenvalue weighted by Gasteiger charge is 2.06. The number of hydrogen-bond donors (Lipinski definition) is 2. The van der Waals surface area contributed by atoms with Crippen LogP contribution in [0.2, 0.25) is 0 Å². The Morgan fingerprint density at radius 2 is 1.70 bits per heavy atom. The quantitative estimate of drug-likeness (QED) is 0.359. The van der Waals surface area contributed by atoms with Crippen LogP contribution in [0.4, 0.5) is 5.69 Å². The molecule has 27 heavy (non-hydrogen) atoms. The van der Waals surface area contributed by atoms with Gasteiger partial charge >= 0.3 is 0 Å². The van der Waals surface area contributed by atoms with Crippen LogP contribution in [0.3, 0.4) is 0 Å². The van der Waals surface area contributed by atoms with Gasteiger partial charge in [-0.05, 0) is 36.6 Å². The van der Waals surface area contributed by atoms with E-state index in [2.05, 4.69) is 53.8 Å². The first-order valence-corrected chi connectivity index (χ1v) is 8.98. The lowest BCUT2D eigenvalue weighted by atomic mass is 10.1. The van der Waals surface area contributed by atoms with Crippen LogP contribution < -0.4 is 10.6 Å². The molecule has 0 aliphatic rings. The van der Waals surface area contributed by atoms with Gasteiger partial charge in [-0.3, -0.25) is 9.79 Å². The largest absolute Gasteiger partial charge is 0.357 e. The first kappa shape index (κ1) is 23.0. The summed E-state index contributed by atoms with van der Waals surface area (Å²) in [6, 6.07) is 18.3. The SMILES string of the molecule is CCNC(=NCCc1ccc(NC(C)=O)cc1)N(C)Cc1ccccc1.I. The van der Waals surface area contributed by atoms with Crippen molar-refractivity contribution in [1.29, 1.82) is 0 Å². The van der Waals surface area contributed by atoms with E-state index in [-0.39, 0.29) is 29.9 Å². The van der Waals surface area contributed by atoms with Gasteiger partial charge in [0.25, 0.3) is 0 Å². The summed E-state index contributed by atoms with van der Waals surface area (Å²) in [5, 5.41) is 6.13. The van der Waals surface area contributed by atoms with E-state index in [0.29, 0.717) is 6.54 Å². The van der Waals surface area contributed by atoms with E-state index < -0.39 is 0 Å². The Bertz CT molecular complexity index is 717. The Hall–Kier alpha value is -2.09. The second-order valence-corrected chi connectivity index (χ2v) is 6.21. The van der Waals surface area contributed by atoms with Gasteiger partial charge in [0, 0.05) is 39.3 Å². The predicted molar refractivity (Wildman–Crippen MR) is 124 cm³/mol. The van der Waals surface area contributed by atoms with E-state index in [1.165, 1.54) is 18.1 Å². The van der Waals surface area contributed by atoms with Gasteiger partial charge in [0.05, 0.1) is 0 Å². The van der Waals surface area contributed by atoms with E-state index in [4.69, 9.17) is 4.99 Å². The molecule has 0 fully saturated rings. The molecule has 0 saturated carbocycles. The van der Waals surface area contributed by atoms with Crippen molar-refractivity contribution in [2.24, 2.45) is 4.99 Å². The maximum Gasteiger partial charge on any atom is 0.221 e. The number of rotatable bonds is 7. The van der Waals surface area contributed by atoms with Crippen molar-refractivity contribution in [3.05, 3.63) is 65.7 Å². The lowest BCUT2D eigenvalue weighted by Gasteiger charge is -2.22. The minimum atomic E-state index is -0.0564. The summed E-state index contributed by atoms with van der Waals surface area (Å²) in [6.07, 6.45) is 0.856. The summed E-state index contributed by atoms with van der Waals surface area (Å²) in [5.74, 6) is 0.852. The number of carbonyl (C=O) groups excluding carboxylic acids is 1. The smallest absolute Gasteiger partial charge is 0.221 e. The van der Waals surface area contributed by atoms with Gasteiger partial charge in [0.2, 0.25) is 5.91 Å². The maximum atomic E-state index is 11.1. The van der Waals surface area contributed by atoms with Gasteiger partial charge in [0.1, 0.15) is 0 Å². The second kappa shape index (κ2) is 12.3. The van der Waals surface area contributed by atoms with Crippen molar-refractivity contribution in [2.45, 2.75) is 26.8 Å². The molecule has 0 bridgehead atoms. The van der Waals surface area contributed by atoms with Crippen LogP contribution in [0.25, 0.3) is 0 Å². The predicted octanol–water partition coefficient (Wildman–Crippen LogP) is 3.90. The molecule has 6 heteroatoms. The summed E-state index contributed by atoms with van der Waals surface area (Å²) in [6.45, 7) is 5.95. The highest BCUT2D eigenvalue weighted by atomic mass is 127. The molecule has 0 aliphatic heterocycles. The van der Waals surface area contributed by atoms with Crippen molar-refractivity contribution in [3.63, 3.8) is 0 Å². The Morgan fingerprint density at radius 1 is 1.04 bits per heavy atom. The summed E-state index contributed by atoms with van der Waals surface area (Å²) in [4.78, 5) is 17.9. The van der Waals surface area contributed by atoms with E-state index in [0.717, 1.165) is 31.2 Å². The van der Waals surface area contributed by atoms with Gasteiger partial charge in [-0.25, -0.2) is 0 Å². The number of nitrogens with zero attached hydrogens (tertiary/aromatic N) is 2. The highest BCUT2D eigenvalue weighted by molar-refractivity contribution is 14.0. The fourth-order valence-electron chi connectivity index (χ4n) is 2.65. The molecule has 2 aromatic carbocycles. The molecule has 0 aliphatic carbocycles. The fraction of sp³-hybridized carbons (Fsp3) is 0.333. The van der Waals surface area contributed by atoms with Gasteiger partial charge < -0.3 is 15.5 Å². The normalized spacial score (nSPS) is 10.7. The molecule has 0 unspecified atom stereocenters. The van der Waals surface area contributed by atoms with Crippen LogP contribution in [0.15, 0.2) is 59.6 Å². The third-order valence-corrected chi connectivity index (χ3v) is 3.90. The Morgan fingerprint density at radius 3 is 2.30 bits per heavy atom. The number of halogens is 1. The van der Waals surface area contributed by atoms with Crippen LogP contribution in [-0.4, -0.2) is 36.9 Å². The molecule has 1 amide bonds. The number of benzene rings is 2. The lowest BCUT2D eigenvalue weighted by molar-refractivity contribution is -0.114. The number of aliphatic imine (C=N–C) groups is 1. The van der Waals surface area contributed by atoms with Gasteiger partial charge in [0.15, 0.2) is 5.96 Å². The van der Waals surface area contributed by atoms with Crippen molar-refractivity contribution in [3.8, 4) is 0 Å². The van der Waals surface area contributed by atoms with Gasteiger partial charge in [-0.15, -0.1) is 24.0 Å². The zero-order chi connectivity index (χ0) is 18.8. The molecule has 0 radical (unpaired) electrons. The Labute approximate surface area is 179 Å². The van der Waals surface area contributed by atoms with E-state index >= 15 is 0 Å². The zero-order valence-corrected chi connectivity index (χ0v) is 18.6. The van der Waals surface area contributed by atoms with Crippen molar-refractivity contribution in [2.75, 3.05) is 25.5 Å². The average Bonchev–Trinajstić information content (AvgIpc) is 2.63. The standard InChI is InChI=1S/C21H28N4O.HI/c1-4-22-21(25(3)16-19-8-6-5-7-9-19)23-15-14-18-10-12-20(13-11-18)24-17(2)26;/h5-13H,4,14-16H2,1-3H3,(H,22,23)(H,24,26);1H. The van der Waals surface area contributed by atoms with Crippen LogP contribution in [-0.2, 0) is 17.8 Å². The molecule has 2 rings (SSSR count). The molecular formula is C21H29IN4O. The summed E-state index contributed by atoms with van der Waals surface area (Å²) in [5.41, 5.74) is 3.28. The number of amides is 1. The maximum absolute atomic E-state index is 11.1. The monoisotopic (exact) mass is 480 g/mol. The van der Waals surface area contributed by atoms with E-state index in [1.807, 2.05) is 30.3 Å². The average molecular weight is 480 g/mol. The summed E-state index contributed by atoms with van der Waals surface area (Å²) >= 11 is 0. The van der Waals surface area contributed by atoms with Gasteiger partial charge in [-0.2, -0.15) is 0 Å². The minimum Gasteiger partial charge on any atom is -0.357 e. The third kappa shape index (κ3) is 8.43. The molecule has 0 spiro atoms. The molecular weight excluding hydrogens is 451 g/mol. The summed E-state index contributed by atoms with van der Waals surface area (Å²) < 4.78 is 0. The van der Waals surface area contributed by atoms with Crippen LogP contribution in [0.5, 0.6) is 0 Å². The van der Waals surface area contributed by atoms with Crippen molar-refractivity contribution >= 4 is 41.5 Å². The molecule has 5 nitrogen and oxygen atoms in total. The topological polar surface area (TPSA) is 56.7 Å². The molecule has 0 saturated heterocycles. The van der Waals surface area contributed by atoms with Crippen molar-refractivity contribution < 1.29 is 4.79 Å². The van der Waals surface area contributed by atoms with E-state index in [9.17, 15) is 4.79 Å². The lowest BCUT2D eigenvalue weighted by Crippen LogP contribution is -2.38. The Kier molecular flexibility index (Phi) is 10.5. The van der Waals surface area contributed by atoms with E-state index in [1.54, 1.807) is 0 Å². The molecule has 2 N–H and O–H groups in total. The molecule has 0 aromatic heterocycles. The van der Waals surface area contributed by atoms with Crippen LogP contribution in [0, 0.1) is 0 Å². The zero-order valence-electron chi connectivity index (χ0n) is 16.2. The highest BCUT2D eigenvalue weighted by Crippen LogP contribution is 2.10. The van der Waals surface area contributed by atoms with Gasteiger partial charge in [-0.1, -0.05) is 42.5 Å². The summed E-state index contributed by atoms with van der Waals surface area (Å²) in [7, 11) is 2.05. The first-order chi connectivity index (χ1) is 12.6. The molecule has 0 atom stereocenters. The van der Waals surface area contributed by atoms with Crippen LogP contribution in [0.1, 0.15) is 25.0 Å². The number of nitrogens with one attached hydrogen (secondary N) is 2. The molecule has 146 valence electrons. The first-order valence-electron chi connectivity index (χ1n) is 8.98.